The van der Waals surface area contributed by atoms with Crippen LogP contribution in [0.3, 0.4) is 0 Å². The SMILES string of the molecule is Cc1ccc(-c2nn(-c3ccccc3)cc2/C=c2\sc3nc(-c4ccccc4Cl)nn3c2=O)cc1. The molecule has 0 atom stereocenters. The molecule has 6 nitrogen and oxygen atoms in total. The highest BCUT2D eigenvalue weighted by molar-refractivity contribution is 7.15. The first-order valence-electron chi connectivity index (χ1n) is 11.0. The van der Waals surface area contributed by atoms with Crippen LogP contribution in [-0.4, -0.2) is 24.4 Å². The van der Waals surface area contributed by atoms with Crippen LogP contribution in [0.15, 0.2) is 89.9 Å². The van der Waals surface area contributed by atoms with Crippen LogP contribution in [0.2, 0.25) is 5.02 Å². The summed E-state index contributed by atoms with van der Waals surface area (Å²) in [5, 5.41) is 9.82. The van der Waals surface area contributed by atoms with E-state index in [2.05, 4.69) is 29.1 Å². The highest BCUT2D eigenvalue weighted by Crippen LogP contribution is 2.26. The van der Waals surface area contributed by atoms with E-state index in [-0.39, 0.29) is 5.56 Å². The van der Waals surface area contributed by atoms with Crippen molar-refractivity contribution in [3.05, 3.63) is 116 Å². The second kappa shape index (κ2) is 8.61. The third kappa shape index (κ3) is 3.95. The number of aromatic nitrogens is 5. The molecule has 0 spiro atoms. The lowest BCUT2D eigenvalue weighted by molar-refractivity contribution is 0.884. The van der Waals surface area contributed by atoms with Crippen LogP contribution in [0.25, 0.3) is 39.4 Å². The zero-order chi connectivity index (χ0) is 23.9. The molecule has 0 amide bonds. The molecule has 0 aliphatic rings. The Morgan fingerprint density at radius 1 is 0.914 bits per heavy atom. The van der Waals surface area contributed by atoms with Crippen LogP contribution >= 0.6 is 22.9 Å². The van der Waals surface area contributed by atoms with Gasteiger partial charge in [0.05, 0.1) is 20.9 Å². The molecule has 0 radical (unpaired) electrons. The molecule has 8 heteroatoms. The monoisotopic (exact) mass is 495 g/mol. The number of nitrogens with zero attached hydrogens (tertiary/aromatic N) is 5. The van der Waals surface area contributed by atoms with Gasteiger partial charge in [-0.25, -0.2) is 4.68 Å². The van der Waals surface area contributed by atoms with E-state index in [0.717, 1.165) is 22.5 Å². The molecule has 6 rings (SSSR count). The van der Waals surface area contributed by atoms with Gasteiger partial charge in [-0.3, -0.25) is 4.79 Å². The Morgan fingerprint density at radius 2 is 1.66 bits per heavy atom. The molecule has 35 heavy (non-hydrogen) atoms. The molecule has 3 heterocycles. The molecule has 0 aliphatic carbocycles. The highest BCUT2D eigenvalue weighted by atomic mass is 35.5. The number of benzene rings is 3. The summed E-state index contributed by atoms with van der Waals surface area (Å²) in [6, 6.07) is 25.4. The lowest BCUT2D eigenvalue weighted by Gasteiger charge is -2.01. The molecule has 0 saturated heterocycles. The maximum atomic E-state index is 13.2. The van der Waals surface area contributed by atoms with Gasteiger partial charge in [0.15, 0.2) is 5.82 Å². The fraction of sp³-hybridized carbons (Fsp3) is 0.0370. The van der Waals surface area contributed by atoms with Crippen molar-refractivity contribution in [1.29, 1.82) is 0 Å². The van der Waals surface area contributed by atoms with Crippen LogP contribution in [0.4, 0.5) is 0 Å². The van der Waals surface area contributed by atoms with E-state index in [9.17, 15) is 4.79 Å². The summed E-state index contributed by atoms with van der Waals surface area (Å²) in [7, 11) is 0. The number of halogens is 1. The molecule has 0 aliphatic heterocycles. The molecule has 0 unspecified atom stereocenters. The van der Waals surface area contributed by atoms with E-state index in [0.29, 0.717) is 25.9 Å². The first-order chi connectivity index (χ1) is 17.1. The van der Waals surface area contributed by atoms with Crippen molar-refractivity contribution in [3.63, 3.8) is 0 Å². The smallest absolute Gasteiger partial charge is 0.266 e. The zero-order valence-electron chi connectivity index (χ0n) is 18.6. The van der Waals surface area contributed by atoms with Gasteiger partial charge in [0.2, 0.25) is 4.96 Å². The van der Waals surface area contributed by atoms with Gasteiger partial charge in [0, 0.05) is 22.9 Å². The topological polar surface area (TPSA) is 65.1 Å². The Bertz CT molecular complexity index is 1790. The van der Waals surface area contributed by atoms with Crippen molar-refractivity contribution in [2.45, 2.75) is 6.92 Å². The summed E-state index contributed by atoms with van der Waals surface area (Å²) >= 11 is 7.58. The molecule has 0 bridgehead atoms. The van der Waals surface area contributed by atoms with Crippen molar-refractivity contribution in [1.82, 2.24) is 24.4 Å². The van der Waals surface area contributed by atoms with E-state index in [1.54, 1.807) is 6.07 Å². The minimum atomic E-state index is -0.224. The average molecular weight is 496 g/mol. The number of aryl methyl sites for hydroxylation is 1. The Balaban J connectivity index is 1.50. The van der Waals surface area contributed by atoms with Gasteiger partial charge in [-0.1, -0.05) is 83.1 Å². The van der Waals surface area contributed by atoms with Gasteiger partial charge in [-0.05, 0) is 37.3 Å². The second-order valence-corrected chi connectivity index (χ2v) is 9.52. The van der Waals surface area contributed by atoms with Crippen molar-refractivity contribution >= 4 is 34.0 Å². The first-order valence-corrected chi connectivity index (χ1v) is 12.1. The summed E-state index contributed by atoms with van der Waals surface area (Å²) in [6.45, 7) is 2.05. The Morgan fingerprint density at radius 3 is 2.40 bits per heavy atom. The zero-order valence-corrected chi connectivity index (χ0v) is 20.2. The Hall–Kier alpha value is -4.07. The van der Waals surface area contributed by atoms with Crippen molar-refractivity contribution in [2.75, 3.05) is 0 Å². The number of hydrogen-bond acceptors (Lipinski definition) is 5. The first kappa shape index (κ1) is 21.5. The molecule has 3 aromatic heterocycles. The van der Waals surface area contributed by atoms with Crippen molar-refractivity contribution in [3.8, 4) is 28.3 Å². The van der Waals surface area contributed by atoms with E-state index in [4.69, 9.17) is 16.7 Å². The third-order valence-corrected chi connectivity index (χ3v) is 6.96. The minimum absolute atomic E-state index is 0.224. The molecule has 0 N–H and O–H groups in total. The Labute approximate surface area is 209 Å². The molecule has 170 valence electrons. The molecule has 0 saturated carbocycles. The third-order valence-electron chi connectivity index (χ3n) is 5.67. The maximum absolute atomic E-state index is 13.2. The standard InChI is InChI=1S/C27H18ClN5OS/c1-17-11-13-18(14-12-17)24-19(16-32(30-24)20-7-3-2-4-8-20)15-23-26(34)33-27(35-23)29-25(31-33)21-9-5-6-10-22(21)28/h2-16H,1H3/b23-15-. The van der Waals surface area contributed by atoms with E-state index in [1.165, 1.54) is 21.4 Å². The van der Waals surface area contributed by atoms with Crippen LogP contribution in [0.1, 0.15) is 11.1 Å². The van der Waals surface area contributed by atoms with Crippen LogP contribution in [0, 0.1) is 6.92 Å². The summed E-state index contributed by atoms with van der Waals surface area (Å²) in [4.78, 5) is 18.3. The average Bonchev–Trinajstić information content (AvgIpc) is 3.56. The molecular weight excluding hydrogens is 478 g/mol. The number of rotatable bonds is 4. The summed E-state index contributed by atoms with van der Waals surface area (Å²) in [5.41, 5.74) is 5.19. The number of fused-ring (bicyclic) bond motifs is 1. The number of hydrogen-bond donors (Lipinski definition) is 0. The van der Waals surface area contributed by atoms with Crippen molar-refractivity contribution < 1.29 is 0 Å². The van der Waals surface area contributed by atoms with E-state index >= 15 is 0 Å². The largest absolute Gasteiger partial charge is 0.291 e. The minimum Gasteiger partial charge on any atom is -0.266 e. The predicted molar refractivity (Wildman–Crippen MR) is 140 cm³/mol. The lowest BCUT2D eigenvalue weighted by atomic mass is 10.1. The number of thiazole rings is 1. The quantitative estimate of drug-likeness (QED) is 0.338. The van der Waals surface area contributed by atoms with Crippen LogP contribution in [0.5, 0.6) is 0 Å². The van der Waals surface area contributed by atoms with Gasteiger partial charge in [-0.2, -0.15) is 14.6 Å². The summed E-state index contributed by atoms with van der Waals surface area (Å²) < 4.78 is 3.70. The molecule has 6 aromatic rings. The summed E-state index contributed by atoms with van der Waals surface area (Å²) in [5.74, 6) is 0.433. The Kier molecular flexibility index (Phi) is 5.28. The van der Waals surface area contributed by atoms with Gasteiger partial charge in [0.1, 0.15) is 0 Å². The fourth-order valence-electron chi connectivity index (χ4n) is 3.87. The fourth-order valence-corrected chi connectivity index (χ4v) is 4.99. The maximum Gasteiger partial charge on any atom is 0.291 e. The molecular formula is C27H18ClN5OS. The highest BCUT2D eigenvalue weighted by Gasteiger charge is 2.16. The predicted octanol–water partition coefficient (Wildman–Crippen LogP) is 5.18. The van der Waals surface area contributed by atoms with E-state index < -0.39 is 0 Å². The normalized spacial score (nSPS) is 12.0. The van der Waals surface area contributed by atoms with Gasteiger partial charge < -0.3 is 0 Å². The second-order valence-electron chi connectivity index (χ2n) is 8.10. The van der Waals surface area contributed by atoms with E-state index in [1.807, 2.05) is 77.6 Å². The van der Waals surface area contributed by atoms with Gasteiger partial charge in [0.25, 0.3) is 5.56 Å². The summed E-state index contributed by atoms with van der Waals surface area (Å²) in [6.07, 6.45) is 3.80. The van der Waals surface area contributed by atoms with Crippen molar-refractivity contribution in [2.24, 2.45) is 0 Å². The lowest BCUT2D eigenvalue weighted by Crippen LogP contribution is -2.23. The van der Waals surface area contributed by atoms with Crippen LogP contribution in [-0.2, 0) is 0 Å². The number of para-hydroxylation sites is 1. The van der Waals surface area contributed by atoms with Gasteiger partial charge in [-0.15, -0.1) is 5.10 Å². The van der Waals surface area contributed by atoms with Crippen LogP contribution < -0.4 is 10.1 Å². The molecule has 0 fully saturated rings. The molecule has 3 aromatic carbocycles. The van der Waals surface area contributed by atoms with Gasteiger partial charge >= 0.3 is 0 Å².